The van der Waals surface area contributed by atoms with Crippen LogP contribution in [0.15, 0.2) is 71.8 Å². The van der Waals surface area contributed by atoms with Crippen molar-refractivity contribution in [3.05, 3.63) is 89.2 Å². The molecular weight excluding hydrogens is 476 g/mol. The number of methoxy groups -OCH3 is 1. The molecule has 2 heterocycles. The molecule has 4 aromatic rings. The first kappa shape index (κ1) is 25.4. The molecule has 1 unspecified atom stereocenters. The Bertz CT molecular complexity index is 1500. The lowest BCUT2D eigenvalue weighted by atomic mass is 9.93. The van der Waals surface area contributed by atoms with Crippen molar-refractivity contribution in [2.45, 2.75) is 46.1 Å². The van der Waals surface area contributed by atoms with Crippen LogP contribution in [0.3, 0.4) is 0 Å². The highest BCUT2D eigenvalue weighted by Crippen LogP contribution is 2.27. The van der Waals surface area contributed by atoms with Gasteiger partial charge in [0.25, 0.3) is 0 Å². The summed E-state index contributed by atoms with van der Waals surface area (Å²) in [4.78, 5) is 33.2. The van der Waals surface area contributed by atoms with Crippen LogP contribution in [0.25, 0.3) is 22.2 Å². The van der Waals surface area contributed by atoms with Gasteiger partial charge in [0, 0.05) is 24.3 Å². The number of aromatic nitrogens is 2. The van der Waals surface area contributed by atoms with Gasteiger partial charge in [0.1, 0.15) is 5.82 Å². The van der Waals surface area contributed by atoms with E-state index in [0.717, 1.165) is 64.1 Å². The van der Waals surface area contributed by atoms with E-state index < -0.39 is 0 Å². The van der Waals surface area contributed by atoms with E-state index >= 15 is 0 Å². The number of aromatic amines is 1. The topological polar surface area (TPSA) is 87.7 Å². The fraction of sp³-hybridized carbons (Fsp3) is 0.290. The highest BCUT2D eigenvalue weighted by Gasteiger charge is 2.28. The van der Waals surface area contributed by atoms with Crippen LogP contribution >= 0.6 is 0 Å². The molecule has 1 N–H and O–H groups in total. The Kier molecular flexibility index (Phi) is 7.36. The lowest BCUT2D eigenvalue weighted by molar-refractivity contribution is -0.133. The Morgan fingerprint density at radius 1 is 1.08 bits per heavy atom. The maximum Gasteiger partial charge on any atom is 0.338 e. The normalized spacial score (nSPS) is 15.6. The van der Waals surface area contributed by atoms with Gasteiger partial charge in [-0.2, -0.15) is 5.10 Å². The van der Waals surface area contributed by atoms with Crippen LogP contribution in [0.2, 0.25) is 0 Å². The second-order valence-corrected chi connectivity index (χ2v) is 9.79. The molecule has 194 valence electrons. The van der Waals surface area contributed by atoms with E-state index in [-0.39, 0.29) is 17.8 Å². The smallest absolute Gasteiger partial charge is 0.338 e. The lowest BCUT2D eigenvalue weighted by Crippen LogP contribution is -2.35. The van der Waals surface area contributed by atoms with Crippen LogP contribution in [0.5, 0.6) is 0 Å². The zero-order valence-electron chi connectivity index (χ0n) is 22.0. The van der Waals surface area contributed by atoms with Crippen LogP contribution in [-0.4, -0.2) is 39.7 Å². The number of ether oxygens (including phenoxy) is 1. The molecule has 7 nitrogen and oxygen atoms in total. The number of hydrazone groups is 1. The number of hydrogen-bond donors (Lipinski definition) is 1. The summed E-state index contributed by atoms with van der Waals surface area (Å²) >= 11 is 0. The maximum atomic E-state index is 12.9. The molecule has 1 aliphatic heterocycles. The third kappa shape index (κ3) is 5.23. The number of amides is 1. The number of fused-ring (bicyclic) bond motifs is 1. The highest BCUT2D eigenvalue weighted by molar-refractivity contribution is 6.07. The summed E-state index contributed by atoms with van der Waals surface area (Å²) in [6.45, 7) is 4.60. The zero-order chi connectivity index (χ0) is 26.6. The largest absolute Gasteiger partial charge is 0.465 e. The molecule has 7 heteroatoms. The minimum Gasteiger partial charge on any atom is -0.465 e. The van der Waals surface area contributed by atoms with Crippen LogP contribution in [0.1, 0.15) is 60.4 Å². The van der Waals surface area contributed by atoms with Gasteiger partial charge in [-0.25, -0.2) is 14.8 Å². The predicted octanol–water partition coefficient (Wildman–Crippen LogP) is 6.13. The molecule has 0 saturated carbocycles. The molecule has 1 atom stereocenters. The Morgan fingerprint density at radius 3 is 2.61 bits per heavy atom. The van der Waals surface area contributed by atoms with Crippen molar-refractivity contribution in [3.8, 4) is 11.1 Å². The van der Waals surface area contributed by atoms with E-state index in [9.17, 15) is 9.59 Å². The number of carbonyl (C=O) groups is 2. The fourth-order valence-corrected chi connectivity index (χ4v) is 4.88. The number of aryl methyl sites for hydroxylation is 1. The molecule has 1 aliphatic rings. The average molecular weight is 509 g/mol. The minimum absolute atomic E-state index is 0.00376. The third-order valence-electron chi connectivity index (χ3n) is 6.99. The molecule has 0 radical (unpaired) electrons. The molecule has 3 aromatic carbocycles. The Morgan fingerprint density at radius 2 is 1.84 bits per heavy atom. The molecule has 0 spiro atoms. The standard InChI is InChI=1S/C31H32N4O3/c1-4-5-10-28-32-26-16-15-23(18-27(26)33-28)30-20(2)17-29(36)35(34-30)19-21-11-13-22(14-12-21)24-8-6-7-9-25(24)31(37)38-3/h6-9,11-16,18,20H,4-5,10,17,19H2,1-3H3,(H,32,33). The van der Waals surface area contributed by atoms with Gasteiger partial charge in [0.2, 0.25) is 5.91 Å². The monoisotopic (exact) mass is 508 g/mol. The Balaban J connectivity index is 1.38. The van der Waals surface area contributed by atoms with E-state index in [2.05, 4.69) is 24.0 Å². The molecule has 0 saturated heterocycles. The van der Waals surface area contributed by atoms with Crippen molar-refractivity contribution < 1.29 is 14.3 Å². The van der Waals surface area contributed by atoms with Crippen LogP contribution in [0, 0.1) is 5.92 Å². The number of unbranched alkanes of at least 4 members (excludes halogenated alkanes) is 1. The molecule has 5 rings (SSSR count). The first-order valence-corrected chi connectivity index (χ1v) is 13.1. The highest BCUT2D eigenvalue weighted by atomic mass is 16.5. The average Bonchev–Trinajstić information content (AvgIpc) is 3.35. The molecule has 38 heavy (non-hydrogen) atoms. The van der Waals surface area contributed by atoms with Gasteiger partial charge in [-0.3, -0.25) is 4.79 Å². The second-order valence-electron chi connectivity index (χ2n) is 9.79. The molecule has 1 aromatic heterocycles. The van der Waals surface area contributed by atoms with Gasteiger partial charge in [0.05, 0.1) is 36.0 Å². The molecule has 1 amide bonds. The second kappa shape index (κ2) is 11.0. The summed E-state index contributed by atoms with van der Waals surface area (Å²) in [5.41, 5.74) is 7.02. The van der Waals surface area contributed by atoms with Crippen molar-refractivity contribution >= 4 is 28.6 Å². The Hall–Kier alpha value is -4.26. The lowest BCUT2D eigenvalue weighted by Gasteiger charge is -2.28. The summed E-state index contributed by atoms with van der Waals surface area (Å²) in [7, 11) is 1.38. The number of hydrogen-bond acceptors (Lipinski definition) is 5. The summed E-state index contributed by atoms with van der Waals surface area (Å²) in [5.74, 6) is 0.660. The number of carbonyl (C=O) groups excluding carboxylic acids is 2. The predicted molar refractivity (Wildman–Crippen MR) is 149 cm³/mol. The molecule has 0 fully saturated rings. The van der Waals surface area contributed by atoms with Gasteiger partial charge < -0.3 is 9.72 Å². The van der Waals surface area contributed by atoms with Gasteiger partial charge in [-0.1, -0.05) is 68.8 Å². The molecular formula is C31H32N4O3. The van der Waals surface area contributed by atoms with E-state index in [1.165, 1.54) is 7.11 Å². The first-order valence-electron chi connectivity index (χ1n) is 13.1. The molecule has 0 bridgehead atoms. The maximum absolute atomic E-state index is 12.9. The summed E-state index contributed by atoms with van der Waals surface area (Å²) < 4.78 is 4.93. The summed E-state index contributed by atoms with van der Waals surface area (Å²) in [6, 6.07) is 21.4. The summed E-state index contributed by atoms with van der Waals surface area (Å²) in [6.07, 6.45) is 3.58. The zero-order valence-corrected chi connectivity index (χ0v) is 22.0. The van der Waals surface area contributed by atoms with Crippen molar-refractivity contribution in [2.24, 2.45) is 11.0 Å². The van der Waals surface area contributed by atoms with Crippen LogP contribution < -0.4 is 0 Å². The quantitative estimate of drug-likeness (QED) is 0.290. The number of H-pyrrole nitrogens is 1. The van der Waals surface area contributed by atoms with E-state index in [0.29, 0.717) is 18.5 Å². The van der Waals surface area contributed by atoms with E-state index in [1.807, 2.05) is 55.5 Å². The van der Waals surface area contributed by atoms with Crippen molar-refractivity contribution in [1.29, 1.82) is 0 Å². The first-order chi connectivity index (χ1) is 18.5. The van der Waals surface area contributed by atoms with Crippen molar-refractivity contribution in [1.82, 2.24) is 15.0 Å². The third-order valence-corrected chi connectivity index (χ3v) is 6.99. The van der Waals surface area contributed by atoms with Crippen molar-refractivity contribution in [3.63, 3.8) is 0 Å². The van der Waals surface area contributed by atoms with Crippen LogP contribution in [-0.2, 0) is 22.5 Å². The van der Waals surface area contributed by atoms with E-state index in [1.54, 1.807) is 11.1 Å². The van der Waals surface area contributed by atoms with Gasteiger partial charge in [-0.05, 0) is 41.3 Å². The number of rotatable bonds is 8. The van der Waals surface area contributed by atoms with Gasteiger partial charge >= 0.3 is 5.97 Å². The number of esters is 1. The number of nitrogens with one attached hydrogen (secondary N) is 1. The molecule has 0 aliphatic carbocycles. The van der Waals surface area contributed by atoms with Gasteiger partial charge in [0.15, 0.2) is 0 Å². The Labute approximate surface area is 222 Å². The van der Waals surface area contributed by atoms with Gasteiger partial charge in [-0.15, -0.1) is 0 Å². The van der Waals surface area contributed by atoms with Crippen LogP contribution in [0.4, 0.5) is 0 Å². The minimum atomic E-state index is -0.371. The number of imidazole rings is 1. The van der Waals surface area contributed by atoms with Crippen molar-refractivity contribution in [2.75, 3.05) is 7.11 Å². The number of benzene rings is 3. The summed E-state index contributed by atoms with van der Waals surface area (Å²) in [5, 5.41) is 6.37. The van der Waals surface area contributed by atoms with E-state index in [4.69, 9.17) is 14.8 Å². The SMILES string of the molecule is CCCCc1nc2cc(C3=NN(Cc4ccc(-c5ccccc5C(=O)OC)cc4)C(=O)CC3C)ccc2[nH]1. The fourth-order valence-electron chi connectivity index (χ4n) is 4.88. The number of nitrogens with zero attached hydrogens (tertiary/aromatic N) is 3.